The van der Waals surface area contributed by atoms with Crippen molar-refractivity contribution in [2.45, 2.75) is 30.8 Å². The van der Waals surface area contributed by atoms with Crippen molar-refractivity contribution in [1.82, 2.24) is 19.5 Å². The third-order valence-corrected chi connectivity index (χ3v) is 7.68. The molecule has 1 aliphatic rings. The van der Waals surface area contributed by atoms with Gasteiger partial charge in [0.25, 0.3) is 0 Å². The van der Waals surface area contributed by atoms with Crippen LogP contribution in [0.2, 0.25) is 0 Å². The van der Waals surface area contributed by atoms with Crippen LogP contribution in [-0.2, 0) is 5.54 Å². The van der Waals surface area contributed by atoms with E-state index in [-0.39, 0.29) is 12.6 Å². The Morgan fingerprint density at radius 3 is 2.15 bits per heavy atom. The quantitative estimate of drug-likeness (QED) is 0.197. The second kappa shape index (κ2) is 10.7. The lowest BCUT2D eigenvalue weighted by molar-refractivity contribution is 0.316. The predicted octanol–water partition coefficient (Wildman–Crippen LogP) is 5.88. The molecule has 2 N–H and O–H groups in total. The molecular formula is C32H31N5O2. The number of benzene rings is 3. The summed E-state index contributed by atoms with van der Waals surface area (Å²) in [4.78, 5) is 14.2. The average Bonchev–Trinajstić information content (AvgIpc) is 3.46. The number of methoxy groups -OCH3 is 1. The highest BCUT2D eigenvalue weighted by Gasteiger charge is 2.37. The zero-order valence-electron chi connectivity index (χ0n) is 21.9. The van der Waals surface area contributed by atoms with Crippen LogP contribution in [0.25, 0.3) is 11.2 Å². The fourth-order valence-corrected chi connectivity index (χ4v) is 5.59. The SMILES string of the molecule is COc1ccc(C(Nc2ncnc3c2ncn3[C@@H]2CC=C(CO)CC2)(c2ccccc2)c2ccccc2)cc1. The van der Waals surface area contributed by atoms with Crippen LogP contribution in [0.5, 0.6) is 5.75 Å². The standard InChI is InChI=1S/C32H31N5O2/c1-39-28-18-14-26(15-19-28)32(24-8-4-2-5-9-24,25-10-6-3-7-11-25)36-30-29-31(34-21-33-30)37(22-35-29)27-16-12-23(20-38)13-17-27/h2-12,14-15,18-19,21-22,27,38H,13,16-17,20H2,1H3,(H,33,34,36)/t27-/m1/s1. The van der Waals surface area contributed by atoms with Crippen molar-refractivity contribution in [1.29, 1.82) is 0 Å². The number of rotatable bonds is 8. The molecule has 0 spiro atoms. The number of nitrogens with one attached hydrogen (secondary N) is 1. The van der Waals surface area contributed by atoms with E-state index in [0.717, 1.165) is 58.4 Å². The van der Waals surface area contributed by atoms with Gasteiger partial charge in [-0.25, -0.2) is 15.0 Å². The van der Waals surface area contributed by atoms with Crippen molar-refractivity contribution in [2.24, 2.45) is 0 Å². The molecule has 0 saturated carbocycles. The molecule has 39 heavy (non-hydrogen) atoms. The van der Waals surface area contributed by atoms with E-state index in [1.165, 1.54) is 0 Å². The fourth-order valence-electron chi connectivity index (χ4n) is 5.59. The number of aliphatic hydroxyl groups excluding tert-OH is 1. The number of imidazole rings is 1. The maximum absolute atomic E-state index is 9.51. The monoisotopic (exact) mass is 517 g/mol. The number of ether oxygens (including phenoxy) is 1. The van der Waals surface area contributed by atoms with Gasteiger partial charge in [-0.15, -0.1) is 0 Å². The number of hydrogen-bond acceptors (Lipinski definition) is 6. The first-order valence-electron chi connectivity index (χ1n) is 13.2. The highest BCUT2D eigenvalue weighted by Crippen LogP contribution is 2.41. The number of nitrogens with zero attached hydrogens (tertiary/aromatic N) is 4. The van der Waals surface area contributed by atoms with E-state index in [2.05, 4.69) is 81.6 Å². The summed E-state index contributed by atoms with van der Waals surface area (Å²) >= 11 is 0. The average molecular weight is 518 g/mol. The van der Waals surface area contributed by atoms with Crippen LogP contribution < -0.4 is 10.1 Å². The molecule has 0 bridgehead atoms. The summed E-state index contributed by atoms with van der Waals surface area (Å²) in [5, 5.41) is 13.4. The lowest BCUT2D eigenvalue weighted by Gasteiger charge is -2.37. The molecule has 0 radical (unpaired) electrons. The highest BCUT2D eigenvalue weighted by molar-refractivity contribution is 5.84. The molecule has 7 nitrogen and oxygen atoms in total. The van der Waals surface area contributed by atoms with Gasteiger partial charge in [-0.2, -0.15) is 0 Å². The van der Waals surface area contributed by atoms with Gasteiger partial charge in [-0.05, 0) is 53.7 Å². The molecule has 3 aromatic carbocycles. The van der Waals surface area contributed by atoms with Gasteiger partial charge in [0.05, 0.1) is 20.0 Å². The molecule has 1 aliphatic carbocycles. The first-order chi connectivity index (χ1) is 19.2. The van der Waals surface area contributed by atoms with E-state index in [9.17, 15) is 5.11 Å². The molecule has 0 saturated heterocycles. The smallest absolute Gasteiger partial charge is 0.165 e. The Morgan fingerprint density at radius 2 is 1.56 bits per heavy atom. The molecule has 196 valence electrons. The van der Waals surface area contributed by atoms with Crippen LogP contribution >= 0.6 is 0 Å². The Bertz CT molecular complexity index is 1540. The summed E-state index contributed by atoms with van der Waals surface area (Å²) in [6, 6.07) is 29.2. The van der Waals surface area contributed by atoms with Crippen LogP contribution in [-0.4, -0.2) is 38.3 Å². The van der Waals surface area contributed by atoms with Crippen molar-refractivity contribution in [3.8, 4) is 5.75 Å². The van der Waals surface area contributed by atoms with Gasteiger partial charge in [0, 0.05) is 6.04 Å². The molecule has 7 heteroatoms. The minimum atomic E-state index is -0.760. The Labute approximate surface area is 227 Å². The van der Waals surface area contributed by atoms with E-state index in [1.807, 2.05) is 30.6 Å². The molecule has 6 rings (SSSR count). The van der Waals surface area contributed by atoms with Crippen LogP contribution in [0, 0.1) is 0 Å². The van der Waals surface area contributed by atoms with Crippen molar-refractivity contribution >= 4 is 17.0 Å². The highest BCUT2D eigenvalue weighted by atomic mass is 16.5. The van der Waals surface area contributed by atoms with Gasteiger partial charge in [-0.3, -0.25) is 0 Å². The van der Waals surface area contributed by atoms with E-state index in [1.54, 1.807) is 13.4 Å². The summed E-state index contributed by atoms with van der Waals surface area (Å²) in [6.07, 6.45) is 8.27. The number of allylic oxidation sites excluding steroid dienone is 1. The van der Waals surface area contributed by atoms with Gasteiger partial charge in [0.15, 0.2) is 11.5 Å². The van der Waals surface area contributed by atoms with Crippen molar-refractivity contribution in [2.75, 3.05) is 19.0 Å². The Balaban J connectivity index is 1.51. The van der Waals surface area contributed by atoms with Crippen molar-refractivity contribution in [3.05, 3.63) is 126 Å². The first kappa shape index (κ1) is 24.8. The largest absolute Gasteiger partial charge is 0.497 e. The molecule has 0 fully saturated rings. The van der Waals surface area contributed by atoms with Gasteiger partial charge in [-0.1, -0.05) is 78.9 Å². The second-order valence-corrected chi connectivity index (χ2v) is 9.83. The zero-order chi connectivity index (χ0) is 26.7. The summed E-state index contributed by atoms with van der Waals surface area (Å²) in [5.41, 5.74) is 5.04. The van der Waals surface area contributed by atoms with Crippen molar-refractivity contribution < 1.29 is 9.84 Å². The number of aliphatic hydroxyl groups is 1. The lowest BCUT2D eigenvalue weighted by atomic mass is 9.77. The van der Waals surface area contributed by atoms with Crippen LogP contribution in [0.15, 0.2) is 109 Å². The maximum Gasteiger partial charge on any atom is 0.165 e. The molecule has 0 aliphatic heterocycles. The maximum atomic E-state index is 9.51. The summed E-state index contributed by atoms with van der Waals surface area (Å²) in [5.74, 6) is 1.45. The second-order valence-electron chi connectivity index (χ2n) is 9.83. The van der Waals surface area contributed by atoms with Crippen molar-refractivity contribution in [3.63, 3.8) is 0 Å². The van der Waals surface area contributed by atoms with Gasteiger partial charge in [0.2, 0.25) is 0 Å². The molecular weight excluding hydrogens is 486 g/mol. The van der Waals surface area contributed by atoms with E-state index < -0.39 is 5.54 Å². The van der Waals surface area contributed by atoms with Gasteiger partial charge < -0.3 is 19.7 Å². The third kappa shape index (κ3) is 4.55. The molecule has 0 unspecified atom stereocenters. The van der Waals surface area contributed by atoms with Crippen LogP contribution in [0.4, 0.5) is 5.82 Å². The number of hydrogen-bond donors (Lipinski definition) is 2. The van der Waals surface area contributed by atoms with Crippen LogP contribution in [0.3, 0.4) is 0 Å². The fraction of sp³-hybridized carbons (Fsp3) is 0.219. The van der Waals surface area contributed by atoms with Crippen LogP contribution in [0.1, 0.15) is 42.0 Å². The normalized spacial score (nSPS) is 15.6. The van der Waals surface area contributed by atoms with E-state index in [0.29, 0.717) is 5.82 Å². The minimum Gasteiger partial charge on any atom is -0.497 e. The minimum absolute atomic E-state index is 0.125. The molecule has 5 aromatic rings. The Kier molecular flexibility index (Phi) is 6.82. The number of fused-ring (bicyclic) bond motifs is 1. The number of aromatic nitrogens is 4. The lowest BCUT2D eigenvalue weighted by Crippen LogP contribution is -2.38. The summed E-state index contributed by atoms with van der Waals surface area (Å²) in [7, 11) is 1.68. The molecule has 0 amide bonds. The van der Waals surface area contributed by atoms with Gasteiger partial charge >= 0.3 is 0 Å². The first-order valence-corrected chi connectivity index (χ1v) is 13.2. The third-order valence-electron chi connectivity index (χ3n) is 7.68. The van der Waals surface area contributed by atoms with E-state index >= 15 is 0 Å². The molecule has 1 atom stereocenters. The molecule has 2 heterocycles. The van der Waals surface area contributed by atoms with E-state index in [4.69, 9.17) is 14.7 Å². The predicted molar refractivity (Wildman–Crippen MR) is 153 cm³/mol. The van der Waals surface area contributed by atoms with Gasteiger partial charge in [0.1, 0.15) is 23.1 Å². The summed E-state index contributed by atoms with van der Waals surface area (Å²) in [6.45, 7) is 0.125. The summed E-state index contributed by atoms with van der Waals surface area (Å²) < 4.78 is 7.62. The number of anilines is 1. The molecule has 2 aromatic heterocycles. The Hall–Kier alpha value is -4.49. The topological polar surface area (TPSA) is 85.1 Å². The Morgan fingerprint density at radius 1 is 0.897 bits per heavy atom. The zero-order valence-corrected chi connectivity index (χ0v) is 21.9.